The Morgan fingerprint density at radius 3 is 2.76 bits per heavy atom. The molecule has 1 amide bonds. The van der Waals surface area contributed by atoms with Crippen molar-refractivity contribution in [2.24, 2.45) is 11.1 Å². The third-order valence-electron chi connectivity index (χ3n) is 5.40. The van der Waals surface area contributed by atoms with E-state index >= 15 is 0 Å². The summed E-state index contributed by atoms with van der Waals surface area (Å²) in [7, 11) is 0. The molecular formula is C21H26N4O7S. The lowest BCUT2D eigenvalue weighted by atomic mass is 9.98. The van der Waals surface area contributed by atoms with Crippen molar-refractivity contribution in [1.82, 2.24) is 4.90 Å². The molecule has 1 aliphatic heterocycles. The van der Waals surface area contributed by atoms with Crippen LogP contribution in [0.4, 0.5) is 5.69 Å². The summed E-state index contributed by atoms with van der Waals surface area (Å²) in [5.74, 6) is -0.242. The number of likely N-dealkylation sites (tertiary alicyclic amines) is 1. The standard InChI is InChI=1S/C21H26N4O7S/c1-14-9-18(23-11-16-3-2-8-30-16)17(10-19(14)33-22)21(27)31-13-20(26)24-6-4-15(5-7-24)12-32-25(28)29/h2-3,8-10,15,23H,4-7,11-13,22H2,1H3. The highest BCUT2D eigenvalue weighted by molar-refractivity contribution is 7.97. The first-order chi connectivity index (χ1) is 15.9. The van der Waals surface area contributed by atoms with Crippen molar-refractivity contribution < 1.29 is 28.7 Å². The molecule has 12 heteroatoms. The normalized spacial score (nSPS) is 14.1. The van der Waals surface area contributed by atoms with Gasteiger partial charge in [0.15, 0.2) is 6.61 Å². The molecule has 0 spiro atoms. The van der Waals surface area contributed by atoms with Crippen molar-refractivity contribution >= 4 is 29.5 Å². The molecule has 2 aromatic rings. The maximum absolute atomic E-state index is 12.8. The number of carbonyl (C=O) groups excluding carboxylic acids is 2. The lowest BCUT2D eigenvalue weighted by molar-refractivity contribution is -0.759. The Labute approximate surface area is 194 Å². The molecule has 3 N–H and O–H groups in total. The quantitative estimate of drug-likeness (QED) is 0.226. The highest BCUT2D eigenvalue weighted by atomic mass is 32.2. The van der Waals surface area contributed by atoms with Crippen molar-refractivity contribution in [3.63, 3.8) is 0 Å². The molecule has 2 heterocycles. The van der Waals surface area contributed by atoms with E-state index in [-0.39, 0.29) is 24.0 Å². The van der Waals surface area contributed by atoms with E-state index < -0.39 is 17.7 Å². The Hall–Kier alpha value is -3.25. The first-order valence-electron chi connectivity index (χ1n) is 10.4. The number of aryl methyl sites for hydroxylation is 1. The minimum Gasteiger partial charge on any atom is -0.467 e. The lowest BCUT2D eigenvalue weighted by Crippen LogP contribution is -2.41. The van der Waals surface area contributed by atoms with Crippen molar-refractivity contribution in [3.05, 3.63) is 57.5 Å². The fraction of sp³-hybridized carbons (Fsp3) is 0.429. The molecular weight excluding hydrogens is 452 g/mol. The smallest absolute Gasteiger partial charge is 0.340 e. The van der Waals surface area contributed by atoms with Gasteiger partial charge in [-0.25, -0.2) is 4.79 Å². The Kier molecular flexibility index (Phi) is 8.55. The number of nitrogens with zero attached hydrogens (tertiary/aromatic N) is 2. The first kappa shape index (κ1) is 24.4. The molecule has 0 aliphatic carbocycles. The number of hydrogen-bond donors (Lipinski definition) is 2. The number of furan rings is 1. The van der Waals surface area contributed by atoms with Gasteiger partial charge in [0.25, 0.3) is 11.0 Å². The van der Waals surface area contributed by atoms with Crippen LogP contribution in [0.3, 0.4) is 0 Å². The molecule has 1 aromatic carbocycles. The highest BCUT2D eigenvalue weighted by Crippen LogP contribution is 2.27. The zero-order chi connectivity index (χ0) is 23.8. The third kappa shape index (κ3) is 6.86. The maximum Gasteiger partial charge on any atom is 0.340 e. The number of rotatable bonds is 10. The van der Waals surface area contributed by atoms with E-state index in [4.69, 9.17) is 14.3 Å². The van der Waals surface area contributed by atoms with Crippen LogP contribution in [0.1, 0.15) is 34.5 Å². The fourth-order valence-corrected chi connectivity index (χ4v) is 3.97. The van der Waals surface area contributed by atoms with Crippen LogP contribution in [0.2, 0.25) is 0 Å². The lowest BCUT2D eigenvalue weighted by Gasteiger charge is -2.31. The van der Waals surface area contributed by atoms with Crippen LogP contribution in [0.25, 0.3) is 0 Å². The van der Waals surface area contributed by atoms with Crippen molar-refractivity contribution in [2.45, 2.75) is 31.2 Å². The van der Waals surface area contributed by atoms with E-state index in [1.165, 1.54) is 0 Å². The number of benzene rings is 1. The molecule has 1 saturated heterocycles. The van der Waals surface area contributed by atoms with Crippen LogP contribution in [0.5, 0.6) is 0 Å². The maximum atomic E-state index is 12.8. The second-order valence-corrected chi connectivity index (χ2v) is 8.31. The number of nitrogens with two attached hydrogens (primary N) is 1. The topological polar surface area (TPSA) is 150 Å². The van der Waals surface area contributed by atoms with E-state index in [2.05, 4.69) is 10.2 Å². The molecule has 11 nitrogen and oxygen atoms in total. The van der Waals surface area contributed by atoms with E-state index in [9.17, 15) is 19.7 Å². The number of piperidine rings is 1. The summed E-state index contributed by atoms with van der Waals surface area (Å²) in [6, 6.07) is 7.02. The van der Waals surface area contributed by atoms with Gasteiger partial charge in [0, 0.05) is 23.7 Å². The number of anilines is 1. The number of ether oxygens (including phenoxy) is 1. The van der Waals surface area contributed by atoms with Gasteiger partial charge >= 0.3 is 5.97 Å². The molecule has 0 saturated carbocycles. The molecule has 1 fully saturated rings. The molecule has 1 aromatic heterocycles. The van der Waals surface area contributed by atoms with E-state index in [0.717, 1.165) is 22.4 Å². The second-order valence-electron chi connectivity index (χ2n) is 7.63. The first-order valence-corrected chi connectivity index (χ1v) is 11.2. The van der Waals surface area contributed by atoms with Crippen LogP contribution >= 0.6 is 11.9 Å². The van der Waals surface area contributed by atoms with Crippen LogP contribution in [-0.4, -0.2) is 48.2 Å². The van der Waals surface area contributed by atoms with Gasteiger partial charge < -0.3 is 24.2 Å². The molecule has 0 radical (unpaired) electrons. The number of nitrogens with one attached hydrogen (secondary N) is 1. The summed E-state index contributed by atoms with van der Waals surface area (Å²) in [5, 5.41) is 18.4. The van der Waals surface area contributed by atoms with Gasteiger partial charge in [0.1, 0.15) is 5.76 Å². The number of amides is 1. The van der Waals surface area contributed by atoms with Crippen molar-refractivity contribution in [2.75, 3.05) is 31.6 Å². The minimum atomic E-state index is -0.811. The number of esters is 1. The second kappa shape index (κ2) is 11.6. The number of carbonyl (C=O) groups is 2. The molecule has 0 unspecified atom stereocenters. The third-order valence-corrected chi connectivity index (χ3v) is 6.10. The fourth-order valence-electron chi connectivity index (χ4n) is 3.54. The largest absolute Gasteiger partial charge is 0.467 e. The predicted octanol–water partition coefficient (Wildman–Crippen LogP) is 2.77. The monoisotopic (exact) mass is 478 g/mol. The summed E-state index contributed by atoms with van der Waals surface area (Å²) in [6.07, 6.45) is 2.74. The Bertz CT molecular complexity index is 975. The highest BCUT2D eigenvalue weighted by Gasteiger charge is 2.25. The van der Waals surface area contributed by atoms with Gasteiger partial charge in [-0.05, 0) is 67.5 Å². The molecule has 33 heavy (non-hydrogen) atoms. The van der Waals surface area contributed by atoms with Crippen LogP contribution < -0.4 is 10.5 Å². The van der Waals surface area contributed by atoms with Gasteiger partial charge in [0.05, 0.1) is 25.0 Å². The molecule has 1 aliphatic rings. The SMILES string of the molecule is Cc1cc(NCc2ccco2)c(C(=O)OCC(=O)N2CCC(CO[N+](=O)[O-])CC2)cc1SN. The molecule has 178 valence electrons. The minimum absolute atomic E-state index is 0.0181. The Balaban J connectivity index is 1.57. The summed E-state index contributed by atoms with van der Waals surface area (Å²) in [5.41, 5.74) is 1.70. The molecule has 0 atom stereocenters. The van der Waals surface area contributed by atoms with E-state index in [1.54, 1.807) is 29.4 Å². The van der Waals surface area contributed by atoms with Gasteiger partial charge in [-0.1, -0.05) is 0 Å². The Morgan fingerprint density at radius 2 is 2.12 bits per heavy atom. The van der Waals surface area contributed by atoms with Gasteiger partial charge in [-0.2, -0.15) is 0 Å². The van der Waals surface area contributed by atoms with E-state index in [0.29, 0.717) is 43.9 Å². The zero-order valence-electron chi connectivity index (χ0n) is 18.2. The van der Waals surface area contributed by atoms with Crippen LogP contribution in [-0.2, 0) is 20.9 Å². The predicted molar refractivity (Wildman–Crippen MR) is 120 cm³/mol. The van der Waals surface area contributed by atoms with E-state index in [1.807, 2.05) is 13.0 Å². The average molecular weight is 479 g/mol. The average Bonchev–Trinajstić information content (AvgIpc) is 3.33. The molecule has 3 rings (SSSR count). The van der Waals surface area contributed by atoms with Crippen molar-refractivity contribution in [3.8, 4) is 0 Å². The zero-order valence-corrected chi connectivity index (χ0v) is 19.0. The summed E-state index contributed by atoms with van der Waals surface area (Å²) >= 11 is 1.02. The summed E-state index contributed by atoms with van der Waals surface area (Å²) in [6.45, 7) is 2.73. The molecule has 0 bridgehead atoms. The number of hydrogen-bond acceptors (Lipinski definition) is 10. The van der Waals surface area contributed by atoms with Gasteiger partial charge in [-0.15, -0.1) is 10.1 Å². The summed E-state index contributed by atoms with van der Waals surface area (Å²) < 4.78 is 10.6. The Morgan fingerprint density at radius 1 is 1.36 bits per heavy atom. The van der Waals surface area contributed by atoms with Crippen LogP contribution in [0, 0.1) is 23.0 Å². The van der Waals surface area contributed by atoms with Crippen molar-refractivity contribution in [1.29, 1.82) is 0 Å². The van der Waals surface area contributed by atoms with Gasteiger partial charge in [-0.3, -0.25) is 9.93 Å². The summed E-state index contributed by atoms with van der Waals surface area (Å²) in [4.78, 5) is 42.3. The van der Waals surface area contributed by atoms with Gasteiger partial charge in [0.2, 0.25) is 0 Å². The van der Waals surface area contributed by atoms with Crippen LogP contribution in [0.15, 0.2) is 39.8 Å².